The number of nitrogens with zero attached hydrogens (tertiary/aromatic N) is 2. The zero-order valence-corrected chi connectivity index (χ0v) is 16.9. The molecule has 0 amide bonds. The van der Waals surface area contributed by atoms with E-state index in [1.807, 2.05) is 18.3 Å². The minimum atomic E-state index is 0.761. The summed E-state index contributed by atoms with van der Waals surface area (Å²) in [6, 6.07) is 8.30. The van der Waals surface area contributed by atoms with Gasteiger partial charge in [-0.3, -0.25) is 4.99 Å². The van der Waals surface area contributed by atoms with Gasteiger partial charge < -0.3 is 15.4 Å². The fourth-order valence-corrected chi connectivity index (χ4v) is 3.33. The summed E-state index contributed by atoms with van der Waals surface area (Å²) in [6.45, 7) is 6.69. The largest absolute Gasteiger partial charge is 0.494 e. The lowest BCUT2D eigenvalue weighted by molar-refractivity contribution is 0.317. The van der Waals surface area contributed by atoms with Gasteiger partial charge in [0.15, 0.2) is 5.96 Å². The molecule has 0 aliphatic rings. The van der Waals surface area contributed by atoms with Gasteiger partial charge in [-0.05, 0) is 37.0 Å². The van der Waals surface area contributed by atoms with Crippen LogP contribution in [0.1, 0.15) is 35.7 Å². The minimum absolute atomic E-state index is 0.761. The van der Waals surface area contributed by atoms with Gasteiger partial charge in [-0.1, -0.05) is 26.0 Å². The van der Waals surface area contributed by atoms with E-state index in [0.29, 0.717) is 0 Å². The minimum Gasteiger partial charge on any atom is -0.494 e. The third kappa shape index (κ3) is 7.04. The Balaban J connectivity index is 1.69. The van der Waals surface area contributed by atoms with Crippen LogP contribution in [0, 0.1) is 0 Å². The highest BCUT2D eigenvalue weighted by Gasteiger charge is 2.03. The second-order valence-corrected chi connectivity index (χ2v) is 7.20. The summed E-state index contributed by atoms with van der Waals surface area (Å²) in [5.41, 5.74) is 1.26. The molecule has 1 aromatic carbocycles. The highest BCUT2D eigenvalue weighted by molar-refractivity contribution is 7.11. The number of aryl methyl sites for hydroxylation is 1. The molecule has 0 aliphatic heterocycles. The summed E-state index contributed by atoms with van der Waals surface area (Å²) in [7, 11) is 1.80. The number of aromatic nitrogens is 1. The summed E-state index contributed by atoms with van der Waals surface area (Å²) in [6.07, 6.45) is 5.90. The highest BCUT2D eigenvalue weighted by atomic mass is 32.1. The summed E-state index contributed by atoms with van der Waals surface area (Å²) in [5, 5.41) is 7.89. The SMILES string of the molecule is CCCOc1cccc(CCNC(=NC)NCCc2ncc(CC)s2)c1. The van der Waals surface area contributed by atoms with Gasteiger partial charge in [-0.15, -0.1) is 11.3 Å². The van der Waals surface area contributed by atoms with Gasteiger partial charge in [0.25, 0.3) is 0 Å². The lowest BCUT2D eigenvalue weighted by Crippen LogP contribution is -2.39. The van der Waals surface area contributed by atoms with Crippen LogP contribution in [0.5, 0.6) is 5.75 Å². The van der Waals surface area contributed by atoms with Crippen LogP contribution in [0.15, 0.2) is 35.5 Å². The number of hydrogen-bond acceptors (Lipinski definition) is 4. The average molecular weight is 375 g/mol. The second-order valence-electron chi connectivity index (χ2n) is 6.00. The van der Waals surface area contributed by atoms with Crippen molar-refractivity contribution in [2.75, 3.05) is 26.7 Å². The molecule has 0 fully saturated rings. The van der Waals surface area contributed by atoms with Crippen LogP contribution < -0.4 is 15.4 Å². The van der Waals surface area contributed by atoms with Crippen LogP contribution in [0.2, 0.25) is 0 Å². The molecular formula is C20H30N4OS. The van der Waals surface area contributed by atoms with Crippen molar-refractivity contribution in [3.8, 4) is 5.75 Å². The van der Waals surface area contributed by atoms with Gasteiger partial charge in [0.05, 0.1) is 11.6 Å². The van der Waals surface area contributed by atoms with Crippen molar-refractivity contribution in [2.45, 2.75) is 39.5 Å². The number of aliphatic imine (C=N–C) groups is 1. The fraction of sp³-hybridized carbons (Fsp3) is 0.500. The maximum Gasteiger partial charge on any atom is 0.191 e. The van der Waals surface area contributed by atoms with Crippen LogP contribution in [-0.2, 0) is 19.3 Å². The van der Waals surface area contributed by atoms with Crippen molar-refractivity contribution < 1.29 is 4.74 Å². The van der Waals surface area contributed by atoms with Gasteiger partial charge in [-0.25, -0.2) is 4.98 Å². The zero-order chi connectivity index (χ0) is 18.6. The summed E-state index contributed by atoms with van der Waals surface area (Å²) in [5.74, 6) is 1.78. The molecule has 1 heterocycles. The van der Waals surface area contributed by atoms with Crippen molar-refractivity contribution in [2.24, 2.45) is 4.99 Å². The molecule has 6 heteroatoms. The number of thiazole rings is 1. The molecule has 26 heavy (non-hydrogen) atoms. The Kier molecular flexibility index (Phi) is 8.96. The predicted molar refractivity (Wildman–Crippen MR) is 110 cm³/mol. The van der Waals surface area contributed by atoms with Gasteiger partial charge in [-0.2, -0.15) is 0 Å². The summed E-state index contributed by atoms with van der Waals surface area (Å²) >= 11 is 1.79. The standard InChI is InChI=1S/C20H30N4OS/c1-4-13-25-17-8-6-7-16(14-17)9-11-22-20(21-3)23-12-10-19-24-15-18(5-2)26-19/h6-8,14-15H,4-5,9-13H2,1-3H3,(H2,21,22,23). The molecule has 2 aromatic rings. The molecule has 0 saturated carbocycles. The maximum absolute atomic E-state index is 5.69. The Morgan fingerprint density at radius 1 is 1.19 bits per heavy atom. The van der Waals surface area contributed by atoms with Crippen LogP contribution in [0.3, 0.4) is 0 Å². The monoisotopic (exact) mass is 374 g/mol. The van der Waals surface area contributed by atoms with Crippen molar-refractivity contribution >= 4 is 17.3 Å². The third-order valence-corrected chi connectivity index (χ3v) is 5.08. The maximum atomic E-state index is 5.69. The number of guanidine groups is 1. The quantitative estimate of drug-likeness (QED) is 0.494. The molecule has 2 N–H and O–H groups in total. The molecule has 5 nitrogen and oxygen atoms in total. The van der Waals surface area contributed by atoms with Crippen molar-refractivity contribution in [1.29, 1.82) is 0 Å². The number of ether oxygens (including phenoxy) is 1. The first kappa shape index (κ1) is 20.2. The summed E-state index contributed by atoms with van der Waals surface area (Å²) in [4.78, 5) is 10.1. The number of nitrogens with one attached hydrogen (secondary N) is 2. The molecule has 0 saturated heterocycles. The lowest BCUT2D eigenvalue weighted by Gasteiger charge is -2.12. The van der Waals surface area contributed by atoms with E-state index in [1.165, 1.54) is 15.4 Å². The zero-order valence-electron chi connectivity index (χ0n) is 16.0. The molecule has 0 aliphatic carbocycles. The van der Waals surface area contributed by atoms with E-state index in [4.69, 9.17) is 4.74 Å². The first-order valence-corrected chi connectivity index (χ1v) is 10.2. The first-order valence-electron chi connectivity index (χ1n) is 9.35. The van der Waals surface area contributed by atoms with Crippen LogP contribution in [0.4, 0.5) is 0 Å². The van der Waals surface area contributed by atoms with Gasteiger partial charge in [0, 0.05) is 37.6 Å². The lowest BCUT2D eigenvalue weighted by atomic mass is 10.1. The Morgan fingerprint density at radius 2 is 2.00 bits per heavy atom. The topological polar surface area (TPSA) is 58.5 Å². The Morgan fingerprint density at radius 3 is 2.69 bits per heavy atom. The molecule has 0 unspecified atom stereocenters. The molecular weight excluding hydrogens is 344 g/mol. The van der Waals surface area contributed by atoms with E-state index >= 15 is 0 Å². The second kappa shape index (κ2) is 11.5. The normalized spacial score (nSPS) is 11.4. The fourth-order valence-electron chi connectivity index (χ4n) is 2.47. The first-order chi connectivity index (χ1) is 12.7. The molecule has 1 aromatic heterocycles. The van der Waals surface area contributed by atoms with Crippen molar-refractivity contribution in [1.82, 2.24) is 15.6 Å². The van der Waals surface area contributed by atoms with Gasteiger partial charge in [0.1, 0.15) is 5.75 Å². The number of hydrogen-bond donors (Lipinski definition) is 2. The van der Waals surface area contributed by atoms with E-state index in [2.05, 4.69) is 46.6 Å². The molecule has 0 radical (unpaired) electrons. The van der Waals surface area contributed by atoms with E-state index in [9.17, 15) is 0 Å². The molecule has 2 rings (SSSR count). The van der Waals surface area contributed by atoms with Crippen LogP contribution in [-0.4, -0.2) is 37.7 Å². The Bertz CT molecular complexity index is 684. The number of benzene rings is 1. The predicted octanol–water partition coefficient (Wildman–Crippen LogP) is 3.44. The van der Waals surface area contributed by atoms with Crippen LogP contribution in [0.25, 0.3) is 0 Å². The Hall–Kier alpha value is -2.08. The Labute approximate surface area is 160 Å². The smallest absolute Gasteiger partial charge is 0.191 e. The molecule has 0 bridgehead atoms. The van der Waals surface area contributed by atoms with E-state index < -0.39 is 0 Å². The van der Waals surface area contributed by atoms with E-state index in [0.717, 1.165) is 57.1 Å². The average Bonchev–Trinajstić information content (AvgIpc) is 3.13. The molecule has 0 spiro atoms. The highest BCUT2D eigenvalue weighted by Crippen LogP contribution is 2.14. The van der Waals surface area contributed by atoms with Crippen molar-refractivity contribution in [3.05, 3.63) is 45.9 Å². The van der Waals surface area contributed by atoms with Gasteiger partial charge in [0.2, 0.25) is 0 Å². The number of rotatable bonds is 10. The van der Waals surface area contributed by atoms with E-state index in [-0.39, 0.29) is 0 Å². The third-order valence-electron chi connectivity index (χ3n) is 3.88. The van der Waals surface area contributed by atoms with E-state index in [1.54, 1.807) is 18.4 Å². The van der Waals surface area contributed by atoms with Crippen LogP contribution >= 0.6 is 11.3 Å². The summed E-state index contributed by atoms with van der Waals surface area (Å²) < 4.78 is 5.69. The molecule has 0 atom stereocenters. The molecule has 142 valence electrons. The van der Waals surface area contributed by atoms with Gasteiger partial charge >= 0.3 is 0 Å². The van der Waals surface area contributed by atoms with Crippen molar-refractivity contribution in [3.63, 3.8) is 0 Å².